The Labute approximate surface area is 115 Å². The fraction of sp³-hybridized carbons (Fsp3) is 0.417. The van der Waals surface area contributed by atoms with Crippen LogP contribution in [0.15, 0.2) is 24.3 Å². The predicted molar refractivity (Wildman–Crippen MR) is 72.8 cm³/mol. The van der Waals surface area contributed by atoms with E-state index in [0.29, 0.717) is 31.2 Å². The third-order valence-corrected chi connectivity index (χ3v) is 2.79. The number of carbonyl (C=O) groups is 1. The lowest BCUT2D eigenvalue weighted by molar-refractivity contribution is -0.120. The molecule has 0 heterocycles. The number of hydrogen-bond donors (Lipinski definition) is 1. The topological polar surface area (TPSA) is 38.3 Å². The molecule has 0 fully saturated rings. The van der Waals surface area contributed by atoms with E-state index >= 15 is 0 Å². The highest BCUT2D eigenvalue weighted by molar-refractivity contribution is 9.09. The van der Waals surface area contributed by atoms with Crippen molar-refractivity contribution in [2.45, 2.75) is 6.42 Å². The SMILES string of the molecule is O=C(Cc1ccccc1Cl)NCCOCCBr. The molecule has 5 heteroatoms. The number of alkyl halides is 1. The van der Waals surface area contributed by atoms with Crippen molar-refractivity contribution in [2.75, 3.05) is 25.1 Å². The lowest BCUT2D eigenvalue weighted by Crippen LogP contribution is -2.28. The van der Waals surface area contributed by atoms with Crippen LogP contribution in [0.2, 0.25) is 5.02 Å². The monoisotopic (exact) mass is 319 g/mol. The third-order valence-electron chi connectivity index (χ3n) is 2.10. The Balaban J connectivity index is 2.23. The normalized spacial score (nSPS) is 10.2. The fourth-order valence-corrected chi connectivity index (χ4v) is 1.73. The van der Waals surface area contributed by atoms with Gasteiger partial charge in [-0.05, 0) is 11.6 Å². The molecule has 0 aliphatic rings. The molecule has 1 aromatic carbocycles. The standard InChI is InChI=1S/C12H15BrClNO2/c13-5-7-17-8-6-15-12(16)9-10-3-1-2-4-11(10)14/h1-4H,5-9H2,(H,15,16). The molecule has 0 aliphatic heterocycles. The van der Waals surface area contributed by atoms with Crippen LogP contribution in [0.5, 0.6) is 0 Å². The molecule has 0 unspecified atom stereocenters. The summed E-state index contributed by atoms with van der Waals surface area (Å²) >= 11 is 9.22. The minimum atomic E-state index is -0.0412. The van der Waals surface area contributed by atoms with Gasteiger partial charge in [0.2, 0.25) is 5.91 Å². The highest BCUT2D eigenvalue weighted by Crippen LogP contribution is 2.14. The van der Waals surface area contributed by atoms with Gasteiger partial charge in [-0.25, -0.2) is 0 Å². The molecule has 3 nitrogen and oxygen atoms in total. The average Bonchev–Trinajstić information content (AvgIpc) is 2.32. The van der Waals surface area contributed by atoms with Crippen molar-refractivity contribution < 1.29 is 9.53 Å². The third kappa shape index (κ3) is 6.05. The van der Waals surface area contributed by atoms with E-state index in [4.69, 9.17) is 16.3 Å². The van der Waals surface area contributed by atoms with Gasteiger partial charge in [-0.2, -0.15) is 0 Å². The highest BCUT2D eigenvalue weighted by atomic mass is 79.9. The number of hydrogen-bond acceptors (Lipinski definition) is 2. The van der Waals surface area contributed by atoms with Gasteiger partial charge in [0.25, 0.3) is 0 Å². The van der Waals surface area contributed by atoms with E-state index in [2.05, 4.69) is 21.2 Å². The average molecular weight is 321 g/mol. The van der Waals surface area contributed by atoms with Gasteiger partial charge in [0.05, 0.1) is 19.6 Å². The molecular formula is C12H15BrClNO2. The van der Waals surface area contributed by atoms with Gasteiger partial charge < -0.3 is 10.1 Å². The molecule has 17 heavy (non-hydrogen) atoms. The molecule has 94 valence electrons. The van der Waals surface area contributed by atoms with Gasteiger partial charge in [0.1, 0.15) is 0 Å². The summed E-state index contributed by atoms with van der Waals surface area (Å²) < 4.78 is 5.22. The summed E-state index contributed by atoms with van der Waals surface area (Å²) in [6.07, 6.45) is 0.304. The largest absolute Gasteiger partial charge is 0.379 e. The number of carbonyl (C=O) groups excluding carboxylic acids is 1. The second-order valence-electron chi connectivity index (χ2n) is 3.42. The first-order valence-electron chi connectivity index (χ1n) is 5.38. The van der Waals surface area contributed by atoms with Gasteiger partial charge in [-0.15, -0.1) is 0 Å². The Morgan fingerprint density at radius 1 is 1.35 bits per heavy atom. The van der Waals surface area contributed by atoms with E-state index in [-0.39, 0.29) is 5.91 Å². The van der Waals surface area contributed by atoms with E-state index in [1.165, 1.54) is 0 Å². The smallest absolute Gasteiger partial charge is 0.224 e. The van der Waals surface area contributed by atoms with Crippen LogP contribution in [0.25, 0.3) is 0 Å². The molecule has 1 aromatic rings. The summed E-state index contributed by atoms with van der Waals surface area (Å²) in [5, 5.41) is 4.21. The quantitative estimate of drug-likeness (QED) is 0.619. The Morgan fingerprint density at radius 3 is 2.82 bits per heavy atom. The van der Waals surface area contributed by atoms with Crippen molar-refractivity contribution in [1.29, 1.82) is 0 Å². The van der Waals surface area contributed by atoms with Crippen LogP contribution >= 0.6 is 27.5 Å². The lowest BCUT2D eigenvalue weighted by Gasteiger charge is -2.06. The zero-order valence-electron chi connectivity index (χ0n) is 9.42. The van der Waals surface area contributed by atoms with E-state index in [1.807, 2.05) is 18.2 Å². The van der Waals surface area contributed by atoms with E-state index < -0.39 is 0 Å². The lowest BCUT2D eigenvalue weighted by atomic mass is 10.1. The molecule has 1 N–H and O–H groups in total. The van der Waals surface area contributed by atoms with Crippen molar-refractivity contribution in [3.8, 4) is 0 Å². The van der Waals surface area contributed by atoms with Crippen LogP contribution in [0.4, 0.5) is 0 Å². The molecule has 0 bridgehead atoms. The molecule has 0 spiro atoms. The summed E-state index contributed by atoms with van der Waals surface area (Å²) in [5.41, 5.74) is 0.841. The van der Waals surface area contributed by atoms with Crippen LogP contribution in [0, 0.1) is 0 Å². The molecule has 0 saturated carbocycles. The Bertz CT molecular complexity index is 360. The van der Waals surface area contributed by atoms with Gasteiger partial charge in [-0.3, -0.25) is 4.79 Å². The van der Waals surface area contributed by atoms with Crippen LogP contribution in [0.3, 0.4) is 0 Å². The van der Waals surface area contributed by atoms with Gasteiger partial charge in [0.15, 0.2) is 0 Å². The Morgan fingerprint density at radius 2 is 2.12 bits per heavy atom. The minimum absolute atomic E-state index is 0.0412. The summed E-state index contributed by atoms with van der Waals surface area (Å²) in [4.78, 5) is 11.6. The first-order valence-corrected chi connectivity index (χ1v) is 6.88. The van der Waals surface area contributed by atoms with Crippen LogP contribution in [0.1, 0.15) is 5.56 Å². The molecular weight excluding hydrogens is 305 g/mol. The number of nitrogens with one attached hydrogen (secondary N) is 1. The molecule has 0 aromatic heterocycles. The second kappa shape index (κ2) is 8.50. The van der Waals surface area contributed by atoms with Crippen molar-refractivity contribution >= 4 is 33.4 Å². The number of halogens is 2. The van der Waals surface area contributed by atoms with Gasteiger partial charge >= 0.3 is 0 Å². The Kier molecular flexibility index (Phi) is 7.24. The van der Waals surface area contributed by atoms with Crippen LogP contribution in [-0.2, 0) is 16.0 Å². The van der Waals surface area contributed by atoms with E-state index in [1.54, 1.807) is 6.07 Å². The van der Waals surface area contributed by atoms with Crippen molar-refractivity contribution in [3.05, 3.63) is 34.9 Å². The number of benzene rings is 1. The zero-order chi connectivity index (χ0) is 12.5. The molecule has 0 atom stereocenters. The summed E-state index contributed by atoms with van der Waals surface area (Å²) in [5.74, 6) is -0.0412. The van der Waals surface area contributed by atoms with E-state index in [0.717, 1.165) is 10.9 Å². The number of amides is 1. The van der Waals surface area contributed by atoms with E-state index in [9.17, 15) is 4.79 Å². The molecule has 0 saturated heterocycles. The molecule has 1 rings (SSSR count). The summed E-state index contributed by atoms with van der Waals surface area (Å²) in [7, 11) is 0. The van der Waals surface area contributed by atoms with Crippen molar-refractivity contribution in [2.24, 2.45) is 0 Å². The van der Waals surface area contributed by atoms with Crippen molar-refractivity contribution in [3.63, 3.8) is 0 Å². The first-order chi connectivity index (χ1) is 8.24. The summed E-state index contributed by atoms with van der Waals surface area (Å²) in [6, 6.07) is 7.35. The minimum Gasteiger partial charge on any atom is -0.379 e. The Hall–Kier alpha value is -0.580. The van der Waals surface area contributed by atoms with Crippen LogP contribution < -0.4 is 5.32 Å². The number of ether oxygens (including phenoxy) is 1. The van der Waals surface area contributed by atoms with Gasteiger partial charge in [-0.1, -0.05) is 45.7 Å². The molecule has 1 amide bonds. The zero-order valence-corrected chi connectivity index (χ0v) is 11.8. The maximum atomic E-state index is 11.6. The maximum Gasteiger partial charge on any atom is 0.224 e. The molecule has 0 radical (unpaired) electrons. The number of rotatable bonds is 7. The van der Waals surface area contributed by atoms with Crippen LogP contribution in [-0.4, -0.2) is 31.0 Å². The predicted octanol–water partition coefficient (Wildman–Crippen LogP) is 2.41. The van der Waals surface area contributed by atoms with Crippen molar-refractivity contribution in [1.82, 2.24) is 5.32 Å². The second-order valence-corrected chi connectivity index (χ2v) is 4.62. The fourth-order valence-electron chi connectivity index (χ4n) is 1.30. The summed E-state index contributed by atoms with van der Waals surface area (Å²) in [6.45, 7) is 1.70. The first kappa shape index (κ1) is 14.5. The highest BCUT2D eigenvalue weighted by Gasteiger charge is 2.05. The van der Waals surface area contributed by atoms with Gasteiger partial charge in [0, 0.05) is 16.9 Å². The maximum absolute atomic E-state index is 11.6. The molecule has 0 aliphatic carbocycles.